The summed E-state index contributed by atoms with van der Waals surface area (Å²) in [6, 6.07) is 10.8. The number of nitrogens with one attached hydrogen (secondary N) is 2. The van der Waals surface area contributed by atoms with E-state index >= 15 is 0 Å². The molecule has 0 aliphatic heterocycles. The molecule has 2 aromatic heterocycles. The van der Waals surface area contributed by atoms with E-state index in [1.54, 1.807) is 6.92 Å². The molecule has 0 bridgehead atoms. The number of aryl methyl sites for hydroxylation is 1. The number of amides is 1. The number of thioether (sulfide) groups is 1. The number of esters is 1. The molecule has 1 amide bonds. The normalized spacial score (nSPS) is 10.6. The summed E-state index contributed by atoms with van der Waals surface area (Å²) >= 11 is 2.45. The van der Waals surface area contributed by atoms with Gasteiger partial charge in [0.05, 0.1) is 23.6 Å². The predicted molar refractivity (Wildman–Crippen MR) is 119 cm³/mol. The van der Waals surface area contributed by atoms with Gasteiger partial charge in [-0.1, -0.05) is 42.1 Å². The molecular formula is C21H21N3O4S2. The zero-order valence-electron chi connectivity index (χ0n) is 16.8. The van der Waals surface area contributed by atoms with E-state index in [4.69, 9.17) is 4.74 Å². The molecule has 2 N–H and O–H groups in total. The number of nitrogens with zero attached hydrogens (tertiary/aromatic N) is 1. The highest BCUT2D eigenvalue weighted by Crippen LogP contribution is 2.33. The molecule has 3 aromatic rings. The van der Waals surface area contributed by atoms with Crippen molar-refractivity contribution in [3.63, 3.8) is 0 Å². The smallest absolute Gasteiger partial charge is 0.341 e. The zero-order valence-corrected chi connectivity index (χ0v) is 18.4. The number of thiophene rings is 1. The van der Waals surface area contributed by atoms with E-state index < -0.39 is 5.97 Å². The Morgan fingerprint density at radius 3 is 2.67 bits per heavy atom. The number of hydrogen-bond acceptors (Lipinski definition) is 7. The molecule has 156 valence electrons. The minimum absolute atomic E-state index is 0.0272. The van der Waals surface area contributed by atoms with Gasteiger partial charge in [0.1, 0.15) is 5.00 Å². The maximum atomic E-state index is 12.5. The Balaban J connectivity index is 1.72. The number of aromatic nitrogens is 2. The number of anilines is 1. The average molecular weight is 444 g/mol. The van der Waals surface area contributed by atoms with Crippen molar-refractivity contribution in [2.24, 2.45) is 0 Å². The summed E-state index contributed by atoms with van der Waals surface area (Å²) in [5.74, 6) is -0.733. The second kappa shape index (κ2) is 9.73. The van der Waals surface area contributed by atoms with Crippen LogP contribution in [0.15, 0.2) is 46.3 Å². The quantitative estimate of drug-likeness (QED) is 0.325. The van der Waals surface area contributed by atoms with E-state index in [2.05, 4.69) is 15.3 Å². The highest BCUT2D eigenvalue weighted by molar-refractivity contribution is 7.99. The van der Waals surface area contributed by atoms with Gasteiger partial charge in [-0.15, -0.1) is 11.3 Å². The van der Waals surface area contributed by atoms with Crippen molar-refractivity contribution in [2.75, 3.05) is 17.7 Å². The molecule has 0 aliphatic rings. The lowest BCUT2D eigenvalue weighted by Gasteiger charge is -2.07. The molecule has 0 fully saturated rings. The minimum atomic E-state index is -0.455. The van der Waals surface area contributed by atoms with E-state index in [0.717, 1.165) is 27.8 Å². The van der Waals surface area contributed by atoms with Crippen LogP contribution in [-0.4, -0.2) is 34.2 Å². The number of hydrogen-bond donors (Lipinski definition) is 2. The van der Waals surface area contributed by atoms with Crippen LogP contribution in [0.2, 0.25) is 0 Å². The van der Waals surface area contributed by atoms with E-state index in [1.807, 2.05) is 44.2 Å². The van der Waals surface area contributed by atoms with Crippen LogP contribution in [0.3, 0.4) is 0 Å². The van der Waals surface area contributed by atoms with Crippen LogP contribution in [0, 0.1) is 13.8 Å². The van der Waals surface area contributed by atoms with E-state index in [-0.39, 0.29) is 23.8 Å². The molecule has 2 heterocycles. The Bertz CT molecular complexity index is 1120. The Labute approximate surface area is 181 Å². The fourth-order valence-corrected chi connectivity index (χ4v) is 4.46. The molecule has 0 spiro atoms. The van der Waals surface area contributed by atoms with Gasteiger partial charge in [0.25, 0.3) is 5.56 Å². The summed E-state index contributed by atoms with van der Waals surface area (Å²) in [5, 5.41) is 3.59. The van der Waals surface area contributed by atoms with Crippen molar-refractivity contribution in [3.05, 3.63) is 62.8 Å². The molecular weight excluding hydrogens is 422 g/mol. The lowest BCUT2D eigenvalue weighted by atomic mass is 10.1. The number of rotatable bonds is 7. The maximum absolute atomic E-state index is 12.5. The molecule has 9 heteroatoms. The molecule has 0 radical (unpaired) electrons. The fraction of sp³-hybridized carbons (Fsp3) is 0.238. The third kappa shape index (κ3) is 5.17. The molecule has 1 aromatic carbocycles. The first-order valence-electron chi connectivity index (χ1n) is 9.25. The zero-order chi connectivity index (χ0) is 21.7. The van der Waals surface area contributed by atoms with E-state index in [9.17, 15) is 14.4 Å². The Morgan fingerprint density at radius 1 is 1.23 bits per heavy atom. The second-order valence-corrected chi connectivity index (χ2v) is 8.54. The van der Waals surface area contributed by atoms with Crippen LogP contribution in [0.5, 0.6) is 0 Å². The number of carbonyl (C=O) groups is 2. The fourth-order valence-electron chi connectivity index (χ4n) is 2.72. The van der Waals surface area contributed by atoms with Gasteiger partial charge in [0.2, 0.25) is 5.91 Å². The molecule has 0 atom stereocenters. The summed E-state index contributed by atoms with van der Waals surface area (Å²) < 4.78 is 5.10. The van der Waals surface area contributed by atoms with E-state index in [1.165, 1.54) is 17.4 Å². The van der Waals surface area contributed by atoms with Crippen LogP contribution in [0.4, 0.5) is 5.00 Å². The number of benzene rings is 1. The molecule has 3 rings (SSSR count). The topological polar surface area (TPSA) is 101 Å². The predicted octanol–water partition coefficient (Wildman–Crippen LogP) is 4.02. The summed E-state index contributed by atoms with van der Waals surface area (Å²) in [6.07, 6.45) is 0. The second-order valence-electron chi connectivity index (χ2n) is 6.35. The van der Waals surface area contributed by atoms with Gasteiger partial charge in [0.15, 0.2) is 5.16 Å². The molecule has 0 aliphatic carbocycles. The standard InChI is InChI=1S/C21H21N3O4S2/c1-4-28-20(27)18-12(2)13(3)30-19(18)23-17(26)11-29-21-22-15(10-16(25)24-21)14-8-6-5-7-9-14/h5-10H,4,11H2,1-3H3,(H,23,26)(H,22,24,25). The van der Waals surface area contributed by atoms with Crippen LogP contribution in [0.25, 0.3) is 11.3 Å². The van der Waals surface area contributed by atoms with E-state index in [0.29, 0.717) is 21.4 Å². The van der Waals surface area contributed by atoms with Crippen molar-refractivity contribution >= 4 is 40.0 Å². The van der Waals surface area contributed by atoms with Crippen LogP contribution in [0.1, 0.15) is 27.7 Å². The first kappa shape index (κ1) is 21.8. The van der Waals surface area contributed by atoms with Gasteiger partial charge in [-0.05, 0) is 26.3 Å². The lowest BCUT2D eigenvalue weighted by Crippen LogP contribution is -2.17. The van der Waals surface area contributed by atoms with Crippen molar-refractivity contribution in [2.45, 2.75) is 25.9 Å². The van der Waals surface area contributed by atoms with Gasteiger partial charge in [0, 0.05) is 16.5 Å². The Kier molecular flexibility index (Phi) is 7.07. The Hall–Kier alpha value is -2.91. The average Bonchev–Trinajstić information content (AvgIpc) is 3.00. The number of carbonyl (C=O) groups excluding carboxylic acids is 2. The van der Waals surface area contributed by atoms with Gasteiger partial charge in [-0.2, -0.15) is 0 Å². The van der Waals surface area contributed by atoms with Gasteiger partial charge >= 0.3 is 5.97 Å². The molecule has 30 heavy (non-hydrogen) atoms. The number of aromatic amines is 1. The highest BCUT2D eigenvalue weighted by Gasteiger charge is 2.22. The van der Waals surface area contributed by atoms with Crippen LogP contribution in [-0.2, 0) is 9.53 Å². The van der Waals surface area contributed by atoms with Crippen LogP contribution < -0.4 is 10.9 Å². The minimum Gasteiger partial charge on any atom is -0.462 e. The van der Waals surface area contributed by atoms with Gasteiger partial charge < -0.3 is 15.0 Å². The summed E-state index contributed by atoms with van der Waals surface area (Å²) in [4.78, 5) is 44.7. The van der Waals surface area contributed by atoms with Crippen molar-refractivity contribution < 1.29 is 14.3 Å². The Morgan fingerprint density at radius 2 is 1.97 bits per heavy atom. The molecule has 0 saturated carbocycles. The van der Waals surface area contributed by atoms with Crippen LogP contribution >= 0.6 is 23.1 Å². The summed E-state index contributed by atoms with van der Waals surface area (Å²) in [6.45, 7) is 5.70. The number of H-pyrrole nitrogens is 1. The van der Waals surface area contributed by atoms with Crippen molar-refractivity contribution in [1.82, 2.24) is 9.97 Å². The lowest BCUT2D eigenvalue weighted by molar-refractivity contribution is -0.113. The van der Waals surface area contributed by atoms with Crippen molar-refractivity contribution in [3.8, 4) is 11.3 Å². The third-order valence-electron chi connectivity index (χ3n) is 4.25. The maximum Gasteiger partial charge on any atom is 0.341 e. The highest BCUT2D eigenvalue weighted by atomic mass is 32.2. The third-order valence-corrected chi connectivity index (χ3v) is 6.24. The molecule has 0 saturated heterocycles. The SMILES string of the molecule is CCOC(=O)c1c(NC(=O)CSc2nc(-c3ccccc3)cc(=O)[nH]2)sc(C)c1C. The van der Waals surface area contributed by atoms with Gasteiger partial charge in [-0.3, -0.25) is 9.59 Å². The first-order valence-corrected chi connectivity index (χ1v) is 11.1. The summed E-state index contributed by atoms with van der Waals surface area (Å²) in [5.41, 5.74) is 2.24. The molecule has 0 unspecified atom stereocenters. The first-order chi connectivity index (χ1) is 14.4. The largest absolute Gasteiger partial charge is 0.462 e. The van der Waals surface area contributed by atoms with Gasteiger partial charge in [-0.25, -0.2) is 9.78 Å². The van der Waals surface area contributed by atoms with Crippen molar-refractivity contribution in [1.29, 1.82) is 0 Å². The summed E-state index contributed by atoms with van der Waals surface area (Å²) in [7, 11) is 0. The monoisotopic (exact) mass is 443 g/mol. The molecule has 7 nitrogen and oxygen atoms in total. The number of ether oxygens (including phenoxy) is 1.